The summed E-state index contributed by atoms with van der Waals surface area (Å²) in [5.41, 5.74) is 7.41. The van der Waals surface area contributed by atoms with Crippen LogP contribution in [0.4, 0.5) is 5.82 Å². The second-order valence-corrected chi connectivity index (χ2v) is 16.0. The number of pyridine rings is 1. The van der Waals surface area contributed by atoms with Gasteiger partial charge in [0.05, 0.1) is 31.8 Å². The summed E-state index contributed by atoms with van der Waals surface area (Å²) < 4.78 is 24.0. The summed E-state index contributed by atoms with van der Waals surface area (Å²) in [6, 6.07) is 11.6. The van der Waals surface area contributed by atoms with E-state index in [9.17, 15) is 35.4 Å². The minimum atomic E-state index is -0.895. The van der Waals surface area contributed by atoms with Gasteiger partial charge in [-0.05, 0) is 117 Å². The van der Waals surface area contributed by atoms with Crippen molar-refractivity contribution in [2.75, 3.05) is 32.9 Å². The van der Waals surface area contributed by atoms with Gasteiger partial charge >= 0.3 is 5.97 Å². The van der Waals surface area contributed by atoms with Crippen molar-refractivity contribution in [3.63, 3.8) is 0 Å². The highest BCUT2D eigenvalue weighted by Gasteiger charge is 2.60. The number of carboxylic acid groups (broad SMARTS) is 1. The number of phenols is 2. The van der Waals surface area contributed by atoms with Gasteiger partial charge in [0.25, 0.3) is 0 Å². The number of phenolic OH excluding ortho intramolecular Hbond substituents is 2. The molecule has 9 N–H and O–H groups in total. The number of nitrogen functional groups attached to an aromatic ring is 1. The number of nitrogens with zero attached hydrogens (tertiary/aromatic N) is 1. The molecule has 2 aromatic carbocycles. The smallest absolute Gasteiger partial charge is 0.304 e. The normalized spacial score (nSPS) is 27.2. The molecule has 0 radical (unpaired) electrons. The molecule has 1 spiro atoms. The summed E-state index contributed by atoms with van der Waals surface area (Å²) in [6.45, 7) is 1.42. The average Bonchev–Trinajstić information content (AvgIpc) is 3.63. The number of ether oxygens (including phenoxy) is 4. The quantitative estimate of drug-likeness (QED) is 0.0929. The van der Waals surface area contributed by atoms with Crippen LogP contribution in [0.5, 0.6) is 28.7 Å². The highest BCUT2D eigenvalue weighted by molar-refractivity contribution is 5.68. The first kappa shape index (κ1) is 41.3. The molecule has 1 aromatic heterocycles. The average molecular weight is 780 g/mol. The fraction of sp³-hybridized carbons (Fsp3) is 0.571. The molecule has 3 aromatic rings. The molecule has 1 saturated carbocycles. The number of aromatic nitrogens is 1. The minimum absolute atomic E-state index is 0.0472. The Hall–Kier alpha value is -4.34. The van der Waals surface area contributed by atoms with E-state index in [0.717, 1.165) is 43.2 Å². The Balaban J connectivity index is 1.30. The molecule has 0 unspecified atom stereocenters. The topological polar surface area (TPSA) is 226 Å². The van der Waals surface area contributed by atoms with E-state index in [1.807, 2.05) is 12.1 Å². The summed E-state index contributed by atoms with van der Waals surface area (Å²) in [5.74, 6) is -0.881. The molecule has 0 amide bonds. The molecule has 1 aliphatic carbocycles. The monoisotopic (exact) mass is 779 g/mol. The lowest BCUT2D eigenvalue weighted by atomic mass is 9.51. The number of rotatable bonds is 16. The molecular formula is C42H57N3O11. The highest BCUT2D eigenvalue weighted by atomic mass is 16.6. The number of aliphatic carboxylic acids is 1. The Kier molecular flexibility index (Phi) is 13.2. The van der Waals surface area contributed by atoms with Crippen molar-refractivity contribution in [1.82, 2.24) is 10.3 Å². The minimum Gasteiger partial charge on any atom is -0.504 e. The number of anilines is 1. The molecule has 7 atom stereocenters. The number of nitrogens with one attached hydrogen (secondary N) is 1. The molecule has 3 aliphatic rings. The molecule has 14 heteroatoms. The number of aromatic hydroxyl groups is 2. The number of piperidine rings is 1. The number of hydrogen-bond acceptors (Lipinski definition) is 13. The molecular weight excluding hydrogens is 722 g/mol. The number of carboxylic acids is 1. The van der Waals surface area contributed by atoms with Crippen molar-refractivity contribution in [3.8, 4) is 28.7 Å². The summed E-state index contributed by atoms with van der Waals surface area (Å²) in [6.07, 6.45) is 6.41. The van der Waals surface area contributed by atoms with Gasteiger partial charge in [0, 0.05) is 36.2 Å². The maximum atomic E-state index is 12.8. The Morgan fingerprint density at radius 1 is 1.02 bits per heavy atom. The number of aliphatic hydroxyl groups excluding tert-OH is 3. The van der Waals surface area contributed by atoms with E-state index in [1.54, 1.807) is 30.5 Å². The molecule has 2 saturated heterocycles. The van der Waals surface area contributed by atoms with E-state index in [4.69, 9.17) is 24.7 Å². The predicted molar refractivity (Wildman–Crippen MR) is 207 cm³/mol. The molecule has 3 heterocycles. The van der Waals surface area contributed by atoms with Gasteiger partial charge in [-0.2, -0.15) is 0 Å². The molecule has 0 bridgehead atoms. The Morgan fingerprint density at radius 2 is 1.79 bits per heavy atom. The number of hydrogen-bond donors (Lipinski definition) is 8. The summed E-state index contributed by atoms with van der Waals surface area (Å²) >= 11 is 0. The maximum Gasteiger partial charge on any atom is 0.304 e. The molecule has 6 rings (SSSR count). The number of aryl methyl sites for hydroxylation is 1. The van der Waals surface area contributed by atoms with Crippen LogP contribution in [0.3, 0.4) is 0 Å². The van der Waals surface area contributed by atoms with Crippen molar-refractivity contribution in [2.45, 2.75) is 108 Å². The number of nitrogens with two attached hydrogens (primary N) is 1. The number of methoxy groups -OCH3 is 1. The second kappa shape index (κ2) is 17.9. The van der Waals surface area contributed by atoms with Gasteiger partial charge in [0.1, 0.15) is 12.4 Å². The Morgan fingerprint density at radius 3 is 2.48 bits per heavy atom. The fourth-order valence-electron chi connectivity index (χ4n) is 10.1. The van der Waals surface area contributed by atoms with Gasteiger partial charge in [-0.25, -0.2) is 4.98 Å². The third kappa shape index (κ3) is 8.79. The van der Waals surface area contributed by atoms with E-state index in [0.29, 0.717) is 37.1 Å². The van der Waals surface area contributed by atoms with Crippen molar-refractivity contribution in [3.05, 3.63) is 65.4 Å². The van der Waals surface area contributed by atoms with Gasteiger partial charge < -0.3 is 60.6 Å². The zero-order valence-electron chi connectivity index (χ0n) is 32.2. The Labute approximate surface area is 327 Å². The first-order valence-corrected chi connectivity index (χ1v) is 19.6. The second-order valence-electron chi connectivity index (χ2n) is 16.0. The van der Waals surface area contributed by atoms with Crippen LogP contribution in [-0.2, 0) is 22.4 Å². The van der Waals surface area contributed by atoms with Gasteiger partial charge in [0.2, 0.25) is 5.75 Å². The molecule has 14 nitrogen and oxygen atoms in total. The molecule has 2 aliphatic heterocycles. The van der Waals surface area contributed by atoms with E-state index in [2.05, 4.69) is 17.2 Å². The van der Waals surface area contributed by atoms with Crippen LogP contribution < -0.4 is 25.3 Å². The van der Waals surface area contributed by atoms with Crippen LogP contribution in [0.1, 0.15) is 87.5 Å². The standard InChI is InChI=1S/C42H57N3O11/c1-25-20-41(11-3-4-12-41)42(22-38(50)51,21-27-9-13-44-37(43)16-27)36(45-25)23-54-35-18-28(17-34(53-2)39(35)52)40-30(10-14-46)32(49)19-29(56-40)7-5-26-6-8-31(48)33(15-26)55-24-47/h6,8-9,13,15-18,25,29-30,32,36,40,45-49,52H,3-5,7,10-12,14,19-24H2,1-2H3,(H2,43,44)(H,50,51)/t25-,29+,30-,32+,36+,40-,42+/m1/s1. The van der Waals surface area contributed by atoms with E-state index < -0.39 is 42.3 Å². The van der Waals surface area contributed by atoms with Gasteiger partial charge in [0.15, 0.2) is 29.8 Å². The van der Waals surface area contributed by atoms with Gasteiger partial charge in [-0.1, -0.05) is 18.9 Å². The van der Waals surface area contributed by atoms with Crippen LogP contribution in [0, 0.1) is 16.7 Å². The molecule has 3 fully saturated rings. The van der Waals surface area contributed by atoms with Crippen molar-refractivity contribution < 1.29 is 54.4 Å². The zero-order chi connectivity index (χ0) is 40.0. The van der Waals surface area contributed by atoms with E-state index in [1.165, 1.54) is 13.2 Å². The van der Waals surface area contributed by atoms with Crippen molar-refractivity contribution in [1.29, 1.82) is 0 Å². The van der Waals surface area contributed by atoms with Crippen molar-refractivity contribution in [2.24, 2.45) is 16.7 Å². The number of benzene rings is 2. The molecule has 56 heavy (non-hydrogen) atoms. The summed E-state index contributed by atoms with van der Waals surface area (Å²) in [7, 11) is 1.44. The summed E-state index contributed by atoms with van der Waals surface area (Å²) in [5, 5.41) is 66.3. The zero-order valence-corrected chi connectivity index (χ0v) is 32.2. The third-order valence-corrected chi connectivity index (χ3v) is 12.5. The fourth-order valence-corrected chi connectivity index (χ4v) is 10.1. The van der Waals surface area contributed by atoms with E-state index >= 15 is 0 Å². The van der Waals surface area contributed by atoms with Crippen LogP contribution in [-0.4, -0.2) is 93.0 Å². The first-order chi connectivity index (χ1) is 26.9. The third-order valence-electron chi connectivity index (χ3n) is 12.5. The number of aliphatic hydroxyl groups is 3. The SMILES string of the molecule is COc1cc([C@H]2O[C@@H](CCc3ccc(O)c(OCO)c3)C[C@H](O)[C@H]2CCO)cc(OC[C@@H]2N[C@H](C)CC3(CCCC3)[C@]2(CC(=O)O)Cc2ccnc(N)c2)c1O. The highest BCUT2D eigenvalue weighted by Crippen LogP contribution is 2.61. The number of carbonyl (C=O) groups is 1. The lowest BCUT2D eigenvalue weighted by molar-refractivity contribution is -0.148. The van der Waals surface area contributed by atoms with E-state index in [-0.39, 0.29) is 72.4 Å². The van der Waals surface area contributed by atoms with Crippen LogP contribution in [0.2, 0.25) is 0 Å². The largest absolute Gasteiger partial charge is 0.504 e. The Bertz CT molecular complexity index is 1800. The maximum absolute atomic E-state index is 12.8. The first-order valence-electron chi connectivity index (χ1n) is 19.6. The lowest BCUT2D eigenvalue weighted by Crippen LogP contribution is -2.65. The van der Waals surface area contributed by atoms with Crippen LogP contribution >= 0.6 is 0 Å². The van der Waals surface area contributed by atoms with Crippen LogP contribution in [0.25, 0.3) is 0 Å². The van der Waals surface area contributed by atoms with Crippen LogP contribution in [0.15, 0.2) is 48.7 Å². The van der Waals surface area contributed by atoms with Crippen molar-refractivity contribution >= 4 is 11.8 Å². The van der Waals surface area contributed by atoms with Gasteiger partial charge in [-0.15, -0.1) is 0 Å². The molecule has 306 valence electrons. The summed E-state index contributed by atoms with van der Waals surface area (Å²) in [4.78, 5) is 17.0. The predicted octanol–water partition coefficient (Wildman–Crippen LogP) is 4.63. The lowest BCUT2D eigenvalue weighted by Gasteiger charge is -2.58. The van der Waals surface area contributed by atoms with Gasteiger partial charge in [-0.3, -0.25) is 4.79 Å².